The highest BCUT2D eigenvalue weighted by molar-refractivity contribution is 8.00. The minimum absolute atomic E-state index is 0.0268. The summed E-state index contributed by atoms with van der Waals surface area (Å²) in [7, 11) is 0. The summed E-state index contributed by atoms with van der Waals surface area (Å²) >= 11 is 1.46. The zero-order chi connectivity index (χ0) is 15.6. The number of rotatable bonds is 4. The van der Waals surface area contributed by atoms with Crippen LogP contribution in [-0.4, -0.2) is 24.7 Å². The number of benzene rings is 2. The standard InChI is InChI=1S/C18H14O4S/c19-14(17-9-12-3-1-2-4-15(12)22-17)11-23-13-5-6-16-18(10-13)21-8-7-20-16/h1-6,9-10H,7-8,11H2. The van der Waals surface area contributed by atoms with Crippen LogP contribution in [0.3, 0.4) is 0 Å². The molecule has 4 nitrogen and oxygen atoms in total. The van der Waals surface area contributed by atoms with Gasteiger partial charge in [0, 0.05) is 10.3 Å². The highest BCUT2D eigenvalue weighted by atomic mass is 32.2. The molecule has 0 saturated heterocycles. The Morgan fingerprint density at radius 3 is 2.70 bits per heavy atom. The predicted molar refractivity (Wildman–Crippen MR) is 88.7 cm³/mol. The second-order valence-corrected chi connectivity index (χ2v) is 6.21. The summed E-state index contributed by atoms with van der Waals surface area (Å²) in [6, 6.07) is 15.1. The number of carbonyl (C=O) groups is 1. The molecule has 5 heteroatoms. The van der Waals surface area contributed by atoms with Gasteiger partial charge < -0.3 is 13.9 Å². The lowest BCUT2D eigenvalue weighted by Gasteiger charge is -2.18. The van der Waals surface area contributed by atoms with Crippen LogP contribution in [0.25, 0.3) is 11.0 Å². The van der Waals surface area contributed by atoms with Crippen molar-refractivity contribution in [2.75, 3.05) is 19.0 Å². The quantitative estimate of drug-likeness (QED) is 0.532. The summed E-state index contributed by atoms with van der Waals surface area (Å²) in [4.78, 5) is 13.3. The molecule has 1 aromatic heterocycles. The van der Waals surface area contributed by atoms with Gasteiger partial charge in [0.15, 0.2) is 17.3 Å². The van der Waals surface area contributed by atoms with Crippen LogP contribution in [0.2, 0.25) is 0 Å². The fourth-order valence-electron chi connectivity index (χ4n) is 2.45. The van der Waals surface area contributed by atoms with Gasteiger partial charge in [-0.15, -0.1) is 11.8 Å². The number of carbonyl (C=O) groups excluding carboxylic acids is 1. The lowest BCUT2D eigenvalue weighted by Crippen LogP contribution is -2.15. The lowest BCUT2D eigenvalue weighted by molar-refractivity contribution is 0.0994. The van der Waals surface area contributed by atoms with E-state index in [1.54, 1.807) is 6.07 Å². The van der Waals surface area contributed by atoms with Crippen molar-refractivity contribution < 1.29 is 18.7 Å². The molecule has 23 heavy (non-hydrogen) atoms. The minimum Gasteiger partial charge on any atom is -0.486 e. The third-order valence-corrected chi connectivity index (χ3v) is 4.58. The Labute approximate surface area is 137 Å². The molecule has 2 aromatic carbocycles. The van der Waals surface area contributed by atoms with Crippen molar-refractivity contribution in [3.8, 4) is 11.5 Å². The highest BCUT2D eigenvalue weighted by Gasteiger charge is 2.15. The second-order valence-electron chi connectivity index (χ2n) is 5.17. The molecule has 0 N–H and O–H groups in total. The van der Waals surface area contributed by atoms with Gasteiger partial charge in [-0.2, -0.15) is 0 Å². The van der Waals surface area contributed by atoms with Gasteiger partial charge in [-0.25, -0.2) is 0 Å². The minimum atomic E-state index is -0.0268. The number of ether oxygens (including phenoxy) is 2. The van der Waals surface area contributed by atoms with E-state index in [2.05, 4.69) is 0 Å². The molecular weight excluding hydrogens is 312 g/mol. The third kappa shape index (κ3) is 2.92. The van der Waals surface area contributed by atoms with Gasteiger partial charge in [-0.1, -0.05) is 18.2 Å². The monoisotopic (exact) mass is 326 g/mol. The molecule has 3 aromatic rings. The van der Waals surface area contributed by atoms with Crippen LogP contribution in [0.5, 0.6) is 11.5 Å². The Kier molecular flexibility index (Phi) is 3.71. The van der Waals surface area contributed by atoms with E-state index >= 15 is 0 Å². The molecule has 0 saturated carbocycles. The van der Waals surface area contributed by atoms with Crippen molar-refractivity contribution >= 4 is 28.5 Å². The summed E-state index contributed by atoms with van der Waals surface area (Å²) in [5.41, 5.74) is 0.736. The Bertz CT molecular complexity index is 835. The van der Waals surface area contributed by atoms with Gasteiger partial charge in [-0.05, 0) is 30.3 Å². The predicted octanol–water partition coefficient (Wildman–Crippen LogP) is 4.18. The number of Topliss-reactive ketones (excluding diaryl/α,β-unsaturated/α-hetero) is 1. The average Bonchev–Trinajstić information content (AvgIpc) is 3.04. The molecular formula is C18H14O4S. The summed E-state index contributed by atoms with van der Waals surface area (Å²) in [6.45, 7) is 1.13. The van der Waals surface area contributed by atoms with Crippen LogP contribution in [0.1, 0.15) is 10.6 Å². The van der Waals surface area contributed by atoms with E-state index in [9.17, 15) is 4.79 Å². The molecule has 116 valence electrons. The van der Waals surface area contributed by atoms with E-state index < -0.39 is 0 Å². The maximum absolute atomic E-state index is 12.3. The number of furan rings is 1. The average molecular weight is 326 g/mol. The van der Waals surface area contributed by atoms with Crippen molar-refractivity contribution in [1.29, 1.82) is 0 Å². The van der Waals surface area contributed by atoms with E-state index in [4.69, 9.17) is 13.9 Å². The normalized spacial score (nSPS) is 13.2. The van der Waals surface area contributed by atoms with Crippen molar-refractivity contribution in [1.82, 2.24) is 0 Å². The summed E-state index contributed by atoms with van der Waals surface area (Å²) in [5, 5.41) is 0.945. The number of ketones is 1. The van der Waals surface area contributed by atoms with Crippen molar-refractivity contribution in [2.24, 2.45) is 0 Å². The molecule has 0 bridgehead atoms. The number of para-hydroxylation sites is 1. The Balaban J connectivity index is 1.47. The topological polar surface area (TPSA) is 48.7 Å². The van der Waals surface area contributed by atoms with Gasteiger partial charge in [0.1, 0.15) is 18.8 Å². The van der Waals surface area contributed by atoms with Crippen molar-refractivity contribution in [3.63, 3.8) is 0 Å². The highest BCUT2D eigenvalue weighted by Crippen LogP contribution is 2.34. The molecule has 1 aliphatic rings. The van der Waals surface area contributed by atoms with E-state index in [0.29, 0.717) is 24.7 Å². The molecule has 0 atom stereocenters. The fraction of sp³-hybridized carbons (Fsp3) is 0.167. The van der Waals surface area contributed by atoms with Gasteiger partial charge in [0.25, 0.3) is 0 Å². The van der Waals surface area contributed by atoms with Gasteiger partial charge in [0.05, 0.1) is 5.75 Å². The first-order chi connectivity index (χ1) is 11.3. The van der Waals surface area contributed by atoms with Gasteiger partial charge in [-0.3, -0.25) is 4.79 Å². The molecule has 0 amide bonds. The molecule has 2 heterocycles. The summed E-state index contributed by atoms with van der Waals surface area (Å²) in [6.07, 6.45) is 0. The number of hydrogen-bond acceptors (Lipinski definition) is 5. The van der Waals surface area contributed by atoms with E-state index in [1.165, 1.54) is 11.8 Å². The van der Waals surface area contributed by atoms with E-state index in [1.807, 2.05) is 42.5 Å². The number of hydrogen-bond donors (Lipinski definition) is 0. The number of fused-ring (bicyclic) bond motifs is 2. The van der Waals surface area contributed by atoms with E-state index in [-0.39, 0.29) is 5.78 Å². The Morgan fingerprint density at radius 2 is 1.83 bits per heavy atom. The molecule has 1 aliphatic heterocycles. The first kappa shape index (κ1) is 14.2. The largest absolute Gasteiger partial charge is 0.486 e. The first-order valence-electron chi connectivity index (χ1n) is 7.34. The van der Waals surface area contributed by atoms with Crippen LogP contribution >= 0.6 is 11.8 Å². The smallest absolute Gasteiger partial charge is 0.208 e. The SMILES string of the molecule is O=C(CSc1ccc2c(c1)OCCO2)c1cc2ccccc2o1. The van der Waals surface area contributed by atoms with Gasteiger partial charge >= 0.3 is 0 Å². The maximum Gasteiger partial charge on any atom is 0.208 e. The zero-order valence-corrected chi connectivity index (χ0v) is 13.1. The summed E-state index contributed by atoms with van der Waals surface area (Å²) in [5.74, 6) is 2.18. The third-order valence-electron chi connectivity index (χ3n) is 3.58. The maximum atomic E-state index is 12.3. The van der Waals surface area contributed by atoms with Gasteiger partial charge in [0.2, 0.25) is 5.78 Å². The Morgan fingerprint density at radius 1 is 1.00 bits per heavy atom. The van der Waals surface area contributed by atoms with Crippen LogP contribution in [0, 0.1) is 0 Å². The van der Waals surface area contributed by atoms with E-state index in [0.717, 1.165) is 27.4 Å². The van der Waals surface area contributed by atoms with Crippen LogP contribution in [0.4, 0.5) is 0 Å². The number of thioether (sulfide) groups is 1. The zero-order valence-electron chi connectivity index (χ0n) is 12.3. The van der Waals surface area contributed by atoms with Crippen LogP contribution in [-0.2, 0) is 0 Å². The molecule has 0 aliphatic carbocycles. The van der Waals surface area contributed by atoms with Crippen LogP contribution < -0.4 is 9.47 Å². The first-order valence-corrected chi connectivity index (χ1v) is 8.32. The molecule has 0 fully saturated rings. The van der Waals surface area contributed by atoms with Crippen molar-refractivity contribution in [2.45, 2.75) is 4.90 Å². The second kappa shape index (κ2) is 6.01. The van der Waals surface area contributed by atoms with Crippen molar-refractivity contribution in [3.05, 3.63) is 54.3 Å². The molecule has 0 radical (unpaired) electrons. The Hall–Kier alpha value is -2.40. The summed E-state index contributed by atoms with van der Waals surface area (Å²) < 4.78 is 16.6. The molecule has 0 unspecified atom stereocenters. The fourth-order valence-corrected chi connectivity index (χ4v) is 3.25. The molecule has 0 spiro atoms. The lowest BCUT2D eigenvalue weighted by atomic mass is 10.2. The molecule has 4 rings (SSSR count). The van der Waals surface area contributed by atoms with Crippen LogP contribution in [0.15, 0.2) is 57.8 Å².